The lowest BCUT2D eigenvalue weighted by Crippen LogP contribution is -2.39. The van der Waals surface area contributed by atoms with E-state index in [2.05, 4.69) is 33.2 Å². The van der Waals surface area contributed by atoms with Gasteiger partial charge in [0.1, 0.15) is 0 Å². The Morgan fingerprint density at radius 3 is 2.52 bits per heavy atom. The fourth-order valence-corrected chi connectivity index (χ4v) is 2.47. The summed E-state index contributed by atoms with van der Waals surface area (Å²) in [4.78, 5) is 25.2. The molecule has 5 nitrogen and oxygen atoms in total. The summed E-state index contributed by atoms with van der Waals surface area (Å²) in [5, 5.41) is 5.66. The van der Waals surface area contributed by atoms with Gasteiger partial charge >= 0.3 is 0 Å². The minimum Gasteiger partial charge on any atom is -0.355 e. The molecule has 0 unspecified atom stereocenters. The van der Waals surface area contributed by atoms with Gasteiger partial charge < -0.3 is 10.6 Å². The fraction of sp³-hybridized carbons (Fsp3) is 0.467. The molecule has 1 aromatic carbocycles. The smallest absolute Gasteiger partial charge is 0.238 e. The topological polar surface area (TPSA) is 61.4 Å². The highest BCUT2D eigenvalue weighted by atomic mass is 127. The summed E-state index contributed by atoms with van der Waals surface area (Å²) >= 11 is 2.23. The van der Waals surface area contributed by atoms with Gasteiger partial charge in [-0.25, -0.2) is 0 Å². The number of rotatable bonds is 7. The van der Waals surface area contributed by atoms with Crippen LogP contribution in [0.5, 0.6) is 0 Å². The third kappa shape index (κ3) is 6.90. The van der Waals surface area contributed by atoms with Crippen molar-refractivity contribution >= 4 is 40.1 Å². The Kier molecular flexibility index (Phi) is 7.66. The van der Waals surface area contributed by atoms with Crippen molar-refractivity contribution in [1.29, 1.82) is 0 Å². The van der Waals surface area contributed by atoms with Gasteiger partial charge in [-0.3, -0.25) is 14.5 Å². The predicted octanol–water partition coefficient (Wildman–Crippen LogP) is 2.00. The lowest BCUT2D eigenvalue weighted by Gasteiger charge is -2.16. The first-order chi connectivity index (χ1) is 9.92. The van der Waals surface area contributed by atoms with E-state index in [9.17, 15) is 9.59 Å². The Hall–Kier alpha value is -1.15. The summed E-state index contributed by atoms with van der Waals surface area (Å²) in [7, 11) is 1.76. The average molecular weight is 403 g/mol. The van der Waals surface area contributed by atoms with Crippen molar-refractivity contribution in [3.63, 3.8) is 0 Å². The van der Waals surface area contributed by atoms with Crippen molar-refractivity contribution in [2.75, 3.05) is 32.0 Å². The standard InChI is InChI=1S/C15H22IN3O2/c1-4-7-17-14(20)9-19(3)10-15(21)18-13-6-5-12(16)8-11(13)2/h5-6,8H,4,7,9-10H2,1-3H3,(H,17,20)(H,18,21). The molecule has 2 amide bonds. The van der Waals surface area contributed by atoms with Gasteiger partial charge in [-0.2, -0.15) is 0 Å². The highest BCUT2D eigenvalue weighted by Gasteiger charge is 2.11. The molecule has 0 aromatic heterocycles. The van der Waals surface area contributed by atoms with Crippen LogP contribution in [0.1, 0.15) is 18.9 Å². The number of hydrogen-bond acceptors (Lipinski definition) is 3. The zero-order chi connectivity index (χ0) is 15.8. The minimum absolute atomic E-state index is 0.0578. The van der Waals surface area contributed by atoms with Crippen LogP contribution >= 0.6 is 22.6 Å². The molecule has 2 N–H and O–H groups in total. The number of nitrogens with one attached hydrogen (secondary N) is 2. The van der Waals surface area contributed by atoms with Crippen LogP contribution in [0.2, 0.25) is 0 Å². The van der Waals surface area contributed by atoms with Crippen LogP contribution in [-0.2, 0) is 9.59 Å². The summed E-state index contributed by atoms with van der Waals surface area (Å²) in [5.74, 6) is -0.178. The number of anilines is 1. The SMILES string of the molecule is CCCNC(=O)CN(C)CC(=O)Nc1ccc(I)cc1C. The van der Waals surface area contributed by atoms with Gasteiger partial charge in [-0.15, -0.1) is 0 Å². The van der Waals surface area contributed by atoms with Crippen molar-refractivity contribution in [3.8, 4) is 0 Å². The maximum atomic E-state index is 12.0. The third-order valence-corrected chi connectivity index (χ3v) is 3.53. The van der Waals surface area contributed by atoms with Crippen molar-refractivity contribution in [2.24, 2.45) is 0 Å². The molecule has 21 heavy (non-hydrogen) atoms. The monoisotopic (exact) mass is 403 g/mol. The van der Waals surface area contributed by atoms with Crippen LogP contribution < -0.4 is 10.6 Å². The van der Waals surface area contributed by atoms with E-state index in [1.807, 2.05) is 32.0 Å². The Morgan fingerprint density at radius 1 is 1.24 bits per heavy atom. The van der Waals surface area contributed by atoms with Gasteiger partial charge in [0.05, 0.1) is 13.1 Å². The molecule has 0 atom stereocenters. The Balaban J connectivity index is 2.44. The first-order valence-electron chi connectivity index (χ1n) is 6.93. The Labute approximate surface area is 139 Å². The molecule has 0 aliphatic rings. The molecule has 116 valence electrons. The van der Waals surface area contributed by atoms with Crippen LogP contribution in [0.15, 0.2) is 18.2 Å². The third-order valence-electron chi connectivity index (χ3n) is 2.86. The fourth-order valence-electron chi connectivity index (χ4n) is 1.82. The summed E-state index contributed by atoms with van der Waals surface area (Å²) in [6, 6.07) is 5.85. The predicted molar refractivity (Wildman–Crippen MR) is 93.3 cm³/mol. The molecular weight excluding hydrogens is 381 g/mol. The average Bonchev–Trinajstić information content (AvgIpc) is 2.39. The summed E-state index contributed by atoms with van der Waals surface area (Å²) in [6.07, 6.45) is 0.905. The molecule has 0 fully saturated rings. The second-order valence-electron chi connectivity index (χ2n) is 5.03. The maximum absolute atomic E-state index is 12.0. The van der Waals surface area contributed by atoms with E-state index in [-0.39, 0.29) is 24.9 Å². The quantitative estimate of drug-likeness (QED) is 0.685. The minimum atomic E-state index is -0.120. The molecule has 0 spiro atoms. The molecule has 0 saturated carbocycles. The van der Waals surface area contributed by atoms with Crippen molar-refractivity contribution in [2.45, 2.75) is 20.3 Å². The summed E-state index contributed by atoms with van der Waals surface area (Å²) in [6.45, 7) is 5.03. The largest absolute Gasteiger partial charge is 0.355 e. The number of halogens is 1. The number of aryl methyl sites for hydroxylation is 1. The maximum Gasteiger partial charge on any atom is 0.238 e. The lowest BCUT2D eigenvalue weighted by atomic mass is 10.2. The van der Waals surface area contributed by atoms with Crippen LogP contribution in [0.3, 0.4) is 0 Å². The highest BCUT2D eigenvalue weighted by Crippen LogP contribution is 2.17. The lowest BCUT2D eigenvalue weighted by molar-refractivity contribution is -0.122. The van der Waals surface area contributed by atoms with E-state index in [0.717, 1.165) is 21.2 Å². The number of amides is 2. The van der Waals surface area contributed by atoms with Crippen LogP contribution in [-0.4, -0.2) is 43.4 Å². The van der Waals surface area contributed by atoms with Crippen molar-refractivity contribution < 1.29 is 9.59 Å². The van der Waals surface area contributed by atoms with Gasteiger partial charge in [0.25, 0.3) is 0 Å². The van der Waals surface area contributed by atoms with E-state index in [4.69, 9.17) is 0 Å². The van der Waals surface area contributed by atoms with E-state index >= 15 is 0 Å². The molecule has 0 aliphatic carbocycles. The van der Waals surface area contributed by atoms with E-state index < -0.39 is 0 Å². The molecule has 0 bridgehead atoms. The van der Waals surface area contributed by atoms with Gasteiger partial charge in [0.2, 0.25) is 11.8 Å². The van der Waals surface area contributed by atoms with Gasteiger partial charge in [0, 0.05) is 15.8 Å². The summed E-state index contributed by atoms with van der Waals surface area (Å²) in [5.41, 5.74) is 1.84. The highest BCUT2D eigenvalue weighted by molar-refractivity contribution is 14.1. The van der Waals surface area contributed by atoms with Crippen molar-refractivity contribution in [1.82, 2.24) is 10.2 Å². The number of nitrogens with zero attached hydrogens (tertiary/aromatic N) is 1. The summed E-state index contributed by atoms with van der Waals surface area (Å²) < 4.78 is 1.13. The second kappa shape index (κ2) is 8.99. The van der Waals surface area contributed by atoms with Gasteiger partial charge in [0.15, 0.2) is 0 Å². The number of benzene rings is 1. The Bertz CT molecular complexity index is 506. The van der Waals surface area contributed by atoms with Crippen LogP contribution in [0.25, 0.3) is 0 Å². The number of carbonyl (C=O) groups is 2. The number of carbonyl (C=O) groups excluding carboxylic acids is 2. The molecule has 0 radical (unpaired) electrons. The molecule has 1 aromatic rings. The van der Waals surface area contributed by atoms with E-state index in [1.54, 1.807) is 11.9 Å². The van der Waals surface area contributed by atoms with E-state index in [0.29, 0.717) is 6.54 Å². The Morgan fingerprint density at radius 2 is 1.90 bits per heavy atom. The zero-order valence-corrected chi connectivity index (χ0v) is 14.9. The van der Waals surface area contributed by atoms with E-state index in [1.165, 1.54) is 0 Å². The van der Waals surface area contributed by atoms with Crippen molar-refractivity contribution in [3.05, 3.63) is 27.3 Å². The molecule has 0 heterocycles. The molecule has 0 saturated heterocycles. The van der Waals surface area contributed by atoms with Gasteiger partial charge in [-0.1, -0.05) is 6.92 Å². The second-order valence-corrected chi connectivity index (χ2v) is 6.28. The normalized spacial score (nSPS) is 10.5. The van der Waals surface area contributed by atoms with Gasteiger partial charge in [-0.05, 0) is 66.7 Å². The van der Waals surface area contributed by atoms with Crippen LogP contribution in [0, 0.1) is 10.5 Å². The number of hydrogen-bond donors (Lipinski definition) is 2. The number of likely N-dealkylation sites (N-methyl/N-ethyl adjacent to an activating group) is 1. The first-order valence-corrected chi connectivity index (χ1v) is 8.01. The molecule has 1 rings (SSSR count). The molecular formula is C15H22IN3O2. The molecule has 6 heteroatoms. The first kappa shape index (κ1) is 17.9. The molecule has 0 aliphatic heterocycles. The van der Waals surface area contributed by atoms with Crippen LogP contribution in [0.4, 0.5) is 5.69 Å². The zero-order valence-electron chi connectivity index (χ0n) is 12.7.